The van der Waals surface area contributed by atoms with Gasteiger partial charge in [0.1, 0.15) is 0 Å². The van der Waals surface area contributed by atoms with E-state index < -0.39 is 23.1 Å². The van der Waals surface area contributed by atoms with Crippen LogP contribution in [0.3, 0.4) is 0 Å². The number of carbonyl (C=O) groups is 4. The highest BCUT2D eigenvalue weighted by atomic mass is 16.2. The molecular formula is C14H25N3O4. The van der Waals surface area contributed by atoms with Gasteiger partial charge in [0, 0.05) is 46.3 Å². The number of hydrazine groups is 1. The summed E-state index contributed by atoms with van der Waals surface area (Å²) in [5, 5.41) is 2.32. The van der Waals surface area contributed by atoms with Gasteiger partial charge in [0.15, 0.2) is 0 Å². The highest BCUT2D eigenvalue weighted by Crippen LogP contribution is 2.17. The Morgan fingerprint density at radius 1 is 0.857 bits per heavy atom. The Morgan fingerprint density at radius 3 is 1.62 bits per heavy atom. The molecule has 0 unspecified atom stereocenters. The van der Waals surface area contributed by atoms with Gasteiger partial charge in [-0.3, -0.25) is 24.1 Å². The van der Waals surface area contributed by atoms with Crippen molar-refractivity contribution < 1.29 is 19.2 Å². The van der Waals surface area contributed by atoms with Crippen molar-refractivity contribution in [2.75, 3.05) is 21.1 Å². The van der Waals surface area contributed by atoms with Crippen LogP contribution in [0.5, 0.6) is 0 Å². The molecule has 0 aromatic carbocycles. The van der Waals surface area contributed by atoms with Crippen LogP contribution >= 0.6 is 0 Å². The minimum Gasteiger partial charge on any atom is -0.285 e. The third-order valence-electron chi connectivity index (χ3n) is 2.81. The number of carbonyl (C=O) groups excluding carboxylic acids is 4. The highest BCUT2D eigenvalue weighted by molar-refractivity contribution is 5.99. The maximum atomic E-state index is 11.9. The lowest BCUT2D eigenvalue weighted by Crippen LogP contribution is -2.46. The Hall–Kier alpha value is -1.76. The molecule has 0 rings (SSSR count). The van der Waals surface area contributed by atoms with Gasteiger partial charge in [0.05, 0.1) is 0 Å². The average Bonchev–Trinajstić information content (AvgIpc) is 2.31. The number of nitrogens with zero attached hydrogens (tertiary/aromatic N) is 3. The molecule has 21 heavy (non-hydrogen) atoms. The van der Waals surface area contributed by atoms with Crippen molar-refractivity contribution in [1.29, 1.82) is 0 Å². The summed E-state index contributed by atoms with van der Waals surface area (Å²) in [5.41, 5.74) is -0.663. The molecule has 0 aliphatic rings. The molecule has 0 heterocycles. The predicted molar refractivity (Wildman–Crippen MR) is 77.7 cm³/mol. The van der Waals surface area contributed by atoms with Crippen LogP contribution in [0.2, 0.25) is 0 Å². The van der Waals surface area contributed by atoms with Crippen LogP contribution in [0.4, 0.5) is 0 Å². The molecular weight excluding hydrogens is 274 g/mol. The van der Waals surface area contributed by atoms with E-state index in [4.69, 9.17) is 0 Å². The molecule has 0 aliphatic carbocycles. The van der Waals surface area contributed by atoms with Crippen molar-refractivity contribution >= 4 is 23.6 Å². The lowest BCUT2D eigenvalue weighted by molar-refractivity contribution is -0.160. The van der Waals surface area contributed by atoms with Crippen molar-refractivity contribution in [3.8, 4) is 0 Å². The molecule has 0 aromatic rings. The van der Waals surface area contributed by atoms with Crippen molar-refractivity contribution in [3.05, 3.63) is 0 Å². The third-order valence-corrected chi connectivity index (χ3v) is 2.81. The molecule has 0 spiro atoms. The molecule has 0 saturated heterocycles. The van der Waals surface area contributed by atoms with Crippen LogP contribution in [0.15, 0.2) is 0 Å². The summed E-state index contributed by atoms with van der Waals surface area (Å²) in [5.74, 6) is -1.64. The molecule has 7 heteroatoms. The minimum atomic E-state index is -0.663. The van der Waals surface area contributed by atoms with E-state index in [1.54, 1.807) is 34.9 Å². The fourth-order valence-corrected chi connectivity index (χ4v) is 1.78. The van der Waals surface area contributed by atoms with E-state index in [1.165, 1.54) is 19.0 Å². The standard InChI is InChI=1S/C14H25N3O4/c1-10(18)17(15(5)6)12(20)9-8-11(19)16(7)13(21)14(2,3)4/h8-9H2,1-7H3. The zero-order chi connectivity index (χ0) is 17.0. The number of hydrogen-bond acceptors (Lipinski definition) is 5. The van der Waals surface area contributed by atoms with Crippen LogP contribution in [-0.2, 0) is 19.2 Å². The zero-order valence-electron chi connectivity index (χ0n) is 13.9. The van der Waals surface area contributed by atoms with Gasteiger partial charge in [0.25, 0.3) is 0 Å². The predicted octanol–water partition coefficient (Wildman–Crippen LogP) is 0.649. The molecule has 0 fully saturated rings. The summed E-state index contributed by atoms with van der Waals surface area (Å²) >= 11 is 0. The summed E-state index contributed by atoms with van der Waals surface area (Å²) in [6, 6.07) is 0. The number of rotatable bonds is 4. The monoisotopic (exact) mass is 299 g/mol. The van der Waals surface area contributed by atoms with Crippen LogP contribution in [0, 0.1) is 5.41 Å². The van der Waals surface area contributed by atoms with Crippen molar-refractivity contribution in [3.63, 3.8) is 0 Å². The summed E-state index contributed by atoms with van der Waals surface area (Å²) in [4.78, 5) is 48.2. The smallest absolute Gasteiger partial charge is 0.244 e. The van der Waals surface area contributed by atoms with E-state index in [9.17, 15) is 19.2 Å². The highest BCUT2D eigenvalue weighted by Gasteiger charge is 2.29. The Balaban J connectivity index is 4.66. The fourth-order valence-electron chi connectivity index (χ4n) is 1.78. The molecule has 4 amide bonds. The molecule has 7 nitrogen and oxygen atoms in total. The normalized spacial score (nSPS) is 11.2. The van der Waals surface area contributed by atoms with Crippen molar-refractivity contribution in [1.82, 2.24) is 14.9 Å². The topological polar surface area (TPSA) is 78.0 Å². The fraction of sp³-hybridized carbons (Fsp3) is 0.714. The third kappa shape index (κ3) is 5.63. The van der Waals surface area contributed by atoms with Crippen molar-refractivity contribution in [2.45, 2.75) is 40.5 Å². The van der Waals surface area contributed by atoms with Gasteiger partial charge in [-0.1, -0.05) is 20.8 Å². The Kier molecular flexibility index (Phi) is 6.69. The number of imide groups is 2. The largest absolute Gasteiger partial charge is 0.285 e. The molecule has 120 valence electrons. The lowest BCUT2D eigenvalue weighted by Gasteiger charge is -2.26. The number of amides is 4. The van der Waals surface area contributed by atoms with Crippen LogP contribution in [0.25, 0.3) is 0 Å². The second-order valence-electron chi connectivity index (χ2n) is 6.08. The maximum Gasteiger partial charge on any atom is 0.244 e. The van der Waals surface area contributed by atoms with E-state index >= 15 is 0 Å². The van der Waals surface area contributed by atoms with Crippen LogP contribution in [-0.4, -0.2) is 59.7 Å². The van der Waals surface area contributed by atoms with E-state index in [2.05, 4.69) is 0 Å². The first-order valence-electron chi connectivity index (χ1n) is 6.71. The Morgan fingerprint density at radius 2 is 1.29 bits per heavy atom. The molecule has 0 aliphatic heterocycles. The minimum absolute atomic E-state index is 0.116. The van der Waals surface area contributed by atoms with Gasteiger partial charge in [-0.05, 0) is 0 Å². The maximum absolute atomic E-state index is 11.9. The van der Waals surface area contributed by atoms with Gasteiger partial charge in [0.2, 0.25) is 23.6 Å². The van der Waals surface area contributed by atoms with Gasteiger partial charge >= 0.3 is 0 Å². The second kappa shape index (κ2) is 7.31. The summed E-state index contributed by atoms with van der Waals surface area (Å²) in [7, 11) is 4.53. The van der Waals surface area contributed by atoms with Crippen LogP contribution < -0.4 is 0 Å². The second-order valence-corrected chi connectivity index (χ2v) is 6.08. The average molecular weight is 299 g/mol. The van der Waals surface area contributed by atoms with Gasteiger partial charge in [-0.2, -0.15) is 0 Å². The van der Waals surface area contributed by atoms with Crippen molar-refractivity contribution in [2.24, 2.45) is 5.41 Å². The van der Waals surface area contributed by atoms with Gasteiger partial charge in [-0.25, -0.2) is 10.0 Å². The van der Waals surface area contributed by atoms with E-state index in [0.29, 0.717) is 0 Å². The molecule has 0 aromatic heterocycles. The SMILES string of the molecule is CC(=O)N(C(=O)CCC(=O)N(C)C(=O)C(C)(C)C)N(C)C. The molecule has 0 N–H and O–H groups in total. The molecule has 0 radical (unpaired) electrons. The number of hydrogen-bond donors (Lipinski definition) is 0. The quantitative estimate of drug-likeness (QED) is 0.712. The molecule has 0 atom stereocenters. The Labute approximate surface area is 125 Å². The zero-order valence-corrected chi connectivity index (χ0v) is 13.9. The van der Waals surface area contributed by atoms with Gasteiger partial charge in [-0.15, -0.1) is 0 Å². The van der Waals surface area contributed by atoms with E-state index in [0.717, 1.165) is 9.91 Å². The van der Waals surface area contributed by atoms with Gasteiger partial charge < -0.3 is 0 Å². The molecule has 0 bridgehead atoms. The Bertz CT molecular complexity index is 438. The van der Waals surface area contributed by atoms with E-state index in [1.807, 2.05) is 0 Å². The summed E-state index contributed by atoms with van der Waals surface area (Å²) in [6.07, 6.45) is -0.243. The first-order chi connectivity index (χ1) is 9.39. The first kappa shape index (κ1) is 19.2. The molecule has 0 saturated carbocycles. The lowest BCUT2D eigenvalue weighted by atomic mass is 9.95. The summed E-state index contributed by atoms with van der Waals surface area (Å²) in [6.45, 7) is 6.42. The first-order valence-corrected chi connectivity index (χ1v) is 6.71. The van der Waals surface area contributed by atoms with E-state index in [-0.39, 0.29) is 18.7 Å². The summed E-state index contributed by atoms with van der Waals surface area (Å²) < 4.78 is 0. The van der Waals surface area contributed by atoms with Crippen LogP contribution in [0.1, 0.15) is 40.5 Å².